The second-order valence-corrected chi connectivity index (χ2v) is 4.70. The van der Waals surface area contributed by atoms with Gasteiger partial charge in [0.2, 0.25) is 0 Å². The first-order valence-corrected chi connectivity index (χ1v) is 6.43. The van der Waals surface area contributed by atoms with Crippen molar-refractivity contribution in [3.05, 3.63) is 36.0 Å². The van der Waals surface area contributed by atoms with Gasteiger partial charge in [0.25, 0.3) is 5.78 Å². The van der Waals surface area contributed by atoms with Crippen LogP contribution in [-0.4, -0.2) is 35.9 Å². The van der Waals surface area contributed by atoms with Gasteiger partial charge in [0.05, 0.1) is 6.20 Å². The number of nitrogens with zero attached hydrogens (tertiary/aromatic N) is 6. The highest BCUT2D eigenvalue weighted by atomic mass is 19.4. The number of aromatic nitrogens is 6. The lowest BCUT2D eigenvalue weighted by Gasteiger charge is -2.11. The number of halogens is 3. The quantitative estimate of drug-likeness (QED) is 0.791. The highest BCUT2D eigenvalue weighted by molar-refractivity contribution is 5.45. The summed E-state index contributed by atoms with van der Waals surface area (Å²) in [5.74, 6) is 0.0948. The van der Waals surface area contributed by atoms with Gasteiger partial charge in [0.15, 0.2) is 5.69 Å². The van der Waals surface area contributed by atoms with Gasteiger partial charge in [0.1, 0.15) is 12.1 Å². The van der Waals surface area contributed by atoms with Crippen molar-refractivity contribution in [3.63, 3.8) is 0 Å². The van der Waals surface area contributed by atoms with Crippen LogP contribution in [0.1, 0.15) is 11.3 Å². The third kappa shape index (κ3) is 2.85. The Morgan fingerprint density at radius 1 is 1.27 bits per heavy atom. The molecule has 116 valence electrons. The first kappa shape index (κ1) is 14.3. The zero-order chi connectivity index (χ0) is 15.7. The Bertz CT molecular complexity index is 789. The molecule has 0 fully saturated rings. The number of rotatable bonds is 4. The van der Waals surface area contributed by atoms with Crippen LogP contribution in [0.2, 0.25) is 0 Å². The van der Waals surface area contributed by atoms with Crippen LogP contribution in [0.25, 0.3) is 5.78 Å². The fourth-order valence-corrected chi connectivity index (χ4v) is 2.02. The number of aryl methyl sites for hydroxylation is 1. The third-order valence-corrected chi connectivity index (χ3v) is 3.02. The molecule has 0 aliphatic carbocycles. The molecule has 0 aliphatic heterocycles. The number of hydrogen-bond acceptors (Lipinski definition) is 5. The van der Waals surface area contributed by atoms with Crippen LogP contribution in [-0.2, 0) is 19.6 Å². The second kappa shape index (κ2) is 5.28. The Balaban J connectivity index is 1.81. The molecule has 0 unspecified atom stereocenters. The molecule has 0 aliphatic rings. The first-order valence-electron chi connectivity index (χ1n) is 6.43. The van der Waals surface area contributed by atoms with E-state index in [2.05, 4.69) is 25.5 Å². The van der Waals surface area contributed by atoms with Gasteiger partial charge in [-0.1, -0.05) is 0 Å². The van der Waals surface area contributed by atoms with Crippen molar-refractivity contribution in [1.82, 2.24) is 29.4 Å². The standard InChI is InChI=1S/C12H12F3N7/c1-21-6-8(5-18-21)2-3-16-10-4-9(12(13,14)15)20-11-17-7-19-22(10)11/h4-7,16H,2-3H2,1H3. The zero-order valence-electron chi connectivity index (χ0n) is 11.5. The van der Waals surface area contributed by atoms with E-state index in [1.165, 1.54) is 4.52 Å². The van der Waals surface area contributed by atoms with Crippen molar-refractivity contribution < 1.29 is 13.2 Å². The summed E-state index contributed by atoms with van der Waals surface area (Å²) in [6.45, 7) is 0.433. The number of hydrogen-bond donors (Lipinski definition) is 1. The van der Waals surface area contributed by atoms with Crippen molar-refractivity contribution in [1.29, 1.82) is 0 Å². The molecule has 0 spiro atoms. The molecule has 7 nitrogen and oxygen atoms in total. The average Bonchev–Trinajstić information content (AvgIpc) is 3.06. The van der Waals surface area contributed by atoms with Gasteiger partial charge in [0, 0.05) is 25.9 Å². The molecule has 3 aromatic heterocycles. The number of alkyl halides is 3. The molecule has 10 heteroatoms. The first-order chi connectivity index (χ1) is 10.4. The normalized spacial score (nSPS) is 12.0. The number of nitrogens with one attached hydrogen (secondary N) is 1. The van der Waals surface area contributed by atoms with Crippen LogP contribution in [0.5, 0.6) is 0 Å². The molecule has 0 atom stereocenters. The van der Waals surface area contributed by atoms with Gasteiger partial charge < -0.3 is 5.32 Å². The predicted molar refractivity (Wildman–Crippen MR) is 71.2 cm³/mol. The second-order valence-electron chi connectivity index (χ2n) is 4.70. The summed E-state index contributed by atoms with van der Waals surface area (Å²) < 4.78 is 41.4. The molecule has 0 aromatic carbocycles. The molecule has 3 rings (SSSR count). The van der Waals surface area contributed by atoms with E-state index in [1.54, 1.807) is 17.9 Å². The van der Waals surface area contributed by atoms with E-state index < -0.39 is 11.9 Å². The van der Waals surface area contributed by atoms with E-state index >= 15 is 0 Å². The van der Waals surface area contributed by atoms with Gasteiger partial charge in [-0.2, -0.15) is 32.9 Å². The Labute approximate surface area is 122 Å². The predicted octanol–water partition coefficient (Wildman–Crippen LogP) is 1.53. The lowest BCUT2D eigenvalue weighted by molar-refractivity contribution is -0.141. The van der Waals surface area contributed by atoms with Crippen molar-refractivity contribution >= 4 is 11.6 Å². The van der Waals surface area contributed by atoms with Gasteiger partial charge in [-0.25, -0.2) is 4.98 Å². The Morgan fingerprint density at radius 2 is 2.09 bits per heavy atom. The summed E-state index contributed by atoms with van der Waals surface area (Å²) in [5, 5.41) is 10.8. The lowest BCUT2D eigenvalue weighted by atomic mass is 10.2. The molecule has 0 saturated heterocycles. The van der Waals surface area contributed by atoms with Crippen LogP contribution in [0.4, 0.5) is 19.0 Å². The third-order valence-electron chi connectivity index (χ3n) is 3.02. The number of anilines is 1. The minimum absolute atomic E-state index is 0.0984. The van der Waals surface area contributed by atoms with E-state index in [9.17, 15) is 13.2 Å². The minimum atomic E-state index is -4.53. The van der Waals surface area contributed by atoms with Crippen molar-refractivity contribution in [2.45, 2.75) is 12.6 Å². The van der Waals surface area contributed by atoms with Gasteiger partial charge in [-0.05, 0) is 12.0 Å². The van der Waals surface area contributed by atoms with Gasteiger partial charge in [-0.3, -0.25) is 4.68 Å². The van der Waals surface area contributed by atoms with Crippen molar-refractivity contribution in [2.75, 3.05) is 11.9 Å². The molecule has 3 heterocycles. The maximum atomic E-state index is 12.8. The SMILES string of the molecule is Cn1cc(CCNc2cc(C(F)(F)F)nc3ncnn23)cn1. The topological polar surface area (TPSA) is 72.9 Å². The van der Waals surface area contributed by atoms with Gasteiger partial charge >= 0.3 is 6.18 Å². The monoisotopic (exact) mass is 311 g/mol. The zero-order valence-corrected chi connectivity index (χ0v) is 11.5. The number of fused-ring (bicyclic) bond motifs is 1. The lowest BCUT2D eigenvalue weighted by Crippen LogP contribution is -2.14. The Kier molecular flexibility index (Phi) is 3.43. The minimum Gasteiger partial charge on any atom is -0.370 e. The molecule has 0 radical (unpaired) electrons. The average molecular weight is 311 g/mol. The maximum Gasteiger partial charge on any atom is 0.433 e. The highest BCUT2D eigenvalue weighted by Crippen LogP contribution is 2.29. The van der Waals surface area contributed by atoms with E-state index in [1.807, 2.05) is 6.20 Å². The Morgan fingerprint density at radius 3 is 2.77 bits per heavy atom. The largest absolute Gasteiger partial charge is 0.433 e. The summed E-state index contributed by atoms with van der Waals surface area (Å²) in [5.41, 5.74) is -0.0215. The Hall–Kier alpha value is -2.65. The molecule has 0 saturated carbocycles. The summed E-state index contributed by atoms with van der Waals surface area (Å²) >= 11 is 0. The molecule has 22 heavy (non-hydrogen) atoms. The highest BCUT2D eigenvalue weighted by Gasteiger charge is 2.34. The molecular formula is C12H12F3N7. The maximum absolute atomic E-state index is 12.8. The summed E-state index contributed by atoms with van der Waals surface area (Å²) in [4.78, 5) is 7.16. The summed E-state index contributed by atoms with van der Waals surface area (Å²) in [7, 11) is 1.80. The summed E-state index contributed by atoms with van der Waals surface area (Å²) in [6.07, 6.45) is 0.802. The molecule has 0 amide bonds. The van der Waals surface area contributed by atoms with Crippen molar-refractivity contribution in [3.8, 4) is 0 Å². The summed E-state index contributed by atoms with van der Waals surface area (Å²) in [6, 6.07) is 0.922. The van der Waals surface area contributed by atoms with Crippen LogP contribution < -0.4 is 5.32 Å². The van der Waals surface area contributed by atoms with E-state index in [0.717, 1.165) is 18.0 Å². The van der Waals surface area contributed by atoms with Crippen LogP contribution in [0, 0.1) is 0 Å². The van der Waals surface area contributed by atoms with Crippen LogP contribution in [0.3, 0.4) is 0 Å². The van der Waals surface area contributed by atoms with Crippen molar-refractivity contribution in [2.24, 2.45) is 7.05 Å². The fourth-order valence-electron chi connectivity index (χ4n) is 2.02. The van der Waals surface area contributed by atoms with Gasteiger partial charge in [-0.15, -0.1) is 0 Å². The fraction of sp³-hybridized carbons (Fsp3) is 0.333. The molecule has 3 aromatic rings. The molecule has 0 bridgehead atoms. The van der Waals surface area contributed by atoms with Crippen LogP contribution >= 0.6 is 0 Å². The van der Waals surface area contributed by atoms with E-state index in [0.29, 0.717) is 13.0 Å². The smallest absolute Gasteiger partial charge is 0.370 e. The van der Waals surface area contributed by atoms with Crippen LogP contribution in [0.15, 0.2) is 24.8 Å². The van der Waals surface area contributed by atoms with E-state index in [4.69, 9.17) is 0 Å². The van der Waals surface area contributed by atoms with E-state index in [-0.39, 0.29) is 11.6 Å². The molecule has 1 N–H and O–H groups in total. The molecular weight excluding hydrogens is 299 g/mol.